The van der Waals surface area contributed by atoms with Crippen LogP contribution in [0.5, 0.6) is 0 Å². The minimum absolute atomic E-state index is 0.0395. The second kappa shape index (κ2) is 6.85. The Labute approximate surface area is 116 Å². The first-order chi connectivity index (χ1) is 9.24. The Kier molecular flexibility index (Phi) is 5.14. The number of ether oxygens (including phenoxy) is 1. The predicted octanol–water partition coefficient (Wildman–Crippen LogP) is 3.48. The van der Waals surface area contributed by atoms with Gasteiger partial charge in [-0.3, -0.25) is 0 Å². The Hall–Kier alpha value is -1.16. The van der Waals surface area contributed by atoms with Gasteiger partial charge in [0.15, 0.2) is 5.82 Å². The summed E-state index contributed by atoms with van der Waals surface area (Å²) in [5.74, 6) is 2.31. The zero-order chi connectivity index (χ0) is 13.7. The minimum atomic E-state index is 0.0395. The number of hydrogen-bond donors (Lipinski definition) is 1. The average Bonchev–Trinajstić information content (AvgIpc) is 2.40. The molecule has 1 aliphatic carbocycles. The number of nitrogens with one attached hydrogen (secondary N) is 1. The molecule has 0 aliphatic heterocycles. The fourth-order valence-corrected chi connectivity index (χ4v) is 2.94. The SMILES string of the molecule is CCNc1cc(C)nc(C(OC)C2CCCCC2)n1. The van der Waals surface area contributed by atoms with Gasteiger partial charge >= 0.3 is 0 Å². The van der Waals surface area contributed by atoms with Crippen LogP contribution in [0, 0.1) is 12.8 Å². The summed E-state index contributed by atoms with van der Waals surface area (Å²) in [6.07, 6.45) is 6.45. The van der Waals surface area contributed by atoms with Crippen LogP contribution >= 0.6 is 0 Å². The topological polar surface area (TPSA) is 47.0 Å². The predicted molar refractivity (Wildman–Crippen MR) is 77.3 cm³/mol. The molecule has 4 nitrogen and oxygen atoms in total. The molecule has 1 fully saturated rings. The van der Waals surface area contributed by atoms with Crippen LogP contribution in [0.15, 0.2) is 6.07 Å². The van der Waals surface area contributed by atoms with Gasteiger partial charge in [0.1, 0.15) is 11.9 Å². The summed E-state index contributed by atoms with van der Waals surface area (Å²) in [4.78, 5) is 9.21. The molecule has 1 aliphatic rings. The van der Waals surface area contributed by atoms with Gasteiger partial charge in [0.2, 0.25) is 0 Å². The summed E-state index contributed by atoms with van der Waals surface area (Å²) in [6.45, 7) is 4.96. The van der Waals surface area contributed by atoms with Crippen LogP contribution in [0.4, 0.5) is 5.82 Å². The second-order valence-electron chi connectivity index (χ2n) is 5.34. The molecular weight excluding hydrogens is 238 g/mol. The van der Waals surface area contributed by atoms with Gasteiger partial charge < -0.3 is 10.1 Å². The molecule has 0 saturated heterocycles. The molecule has 0 radical (unpaired) electrons. The lowest BCUT2D eigenvalue weighted by atomic mass is 9.85. The summed E-state index contributed by atoms with van der Waals surface area (Å²) in [6, 6.07) is 1.99. The quantitative estimate of drug-likeness (QED) is 0.883. The Morgan fingerprint density at radius 3 is 2.68 bits per heavy atom. The van der Waals surface area contributed by atoms with Crippen LogP contribution in [0.25, 0.3) is 0 Å². The van der Waals surface area contributed by atoms with Crippen molar-refractivity contribution in [1.82, 2.24) is 9.97 Å². The Balaban J connectivity index is 2.21. The molecule has 106 valence electrons. The fraction of sp³-hybridized carbons (Fsp3) is 0.733. The van der Waals surface area contributed by atoms with Gasteiger partial charge in [-0.15, -0.1) is 0 Å². The molecule has 1 heterocycles. The zero-order valence-electron chi connectivity index (χ0n) is 12.3. The molecule has 2 rings (SSSR count). The summed E-state index contributed by atoms with van der Waals surface area (Å²) >= 11 is 0. The summed E-state index contributed by atoms with van der Waals surface area (Å²) in [7, 11) is 1.78. The fourth-order valence-electron chi connectivity index (χ4n) is 2.94. The van der Waals surface area contributed by atoms with Crippen molar-refractivity contribution in [3.8, 4) is 0 Å². The number of aromatic nitrogens is 2. The maximum atomic E-state index is 5.71. The highest BCUT2D eigenvalue weighted by Gasteiger charge is 2.27. The lowest BCUT2D eigenvalue weighted by molar-refractivity contribution is 0.0289. The van der Waals surface area contributed by atoms with Gasteiger partial charge in [0, 0.05) is 25.4 Å². The number of anilines is 1. The van der Waals surface area contributed by atoms with Crippen molar-refractivity contribution in [3.63, 3.8) is 0 Å². The van der Waals surface area contributed by atoms with E-state index in [-0.39, 0.29) is 6.10 Å². The van der Waals surface area contributed by atoms with E-state index in [4.69, 9.17) is 4.74 Å². The first-order valence-corrected chi connectivity index (χ1v) is 7.36. The van der Waals surface area contributed by atoms with E-state index in [1.165, 1.54) is 32.1 Å². The summed E-state index contributed by atoms with van der Waals surface area (Å²) in [5, 5.41) is 3.26. The molecule has 0 spiro atoms. The molecule has 1 N–H and O–H groups in total. The van der Waals surface area contributed by atoms with Crippen molar-refractivity contribution in [1.29, 1.82) is 0 Å². The van der Waals surface area contributed by atoms with Crippen molar-refractivity contribution >= 4 is 5.82 Å². The molecule has 1 saturated carbocycles. The average molecular weight is 263 g/mol. The second-order valence-corrected chi connectivity index (χ2v) is 5.34. The van der Waals surface area contributed by atoms with Gasteiger partial charge in [-0.05, 0) is 32.6 Å². The van der Waals surface area contributed by atoms with Gasteiger partial charge in [0.25, 0.3) is 0 Å². The molecule has 1 atom stereocenters. The molecule has 0 bridgehead atoms. The number of nitrogens with zero attached hydrogens (tertiary/aromatic N) is 2. The Bertz CT molecular complexity index is 402. The third-order valence-corrected chi connectivity index (χ3v) is 3.82. The number of aryl methyl sites for hydroxylation is 1. The van der Waals surface area contributed by atoms with Crippen LogP contribution in [-0.2, 0) is 4.74 Å². The van der Waals surface area contributed by atoms with Crippen molar-refractivity contribution in [2.45, 2.75) is 52.1 Å². The minimum Gasteiger partial charge on any atom is -0.373 e. The van der Waals surface area contributed by atoms with Crippen molar-refractivity contribution in [2.75, 3.05) is 19.0 Å². The monoisotopic (exact) mass is 263 g/mol. The van der Waals surface area contributed by atoms with Crippen molar-refractivity contribution in [2.24, 2.45) is 5.92 Å². The molecule has 1 aromatic rings. The highest BCUT2D eigenvalue weighted by Crippen LogP contribution is 2.35. The van der Waals surface area contributed by atoms with Crippen LogP contribution in [0.1, 0.15) is 56.7 Å². The highest BCUT2D eigenvalue weighted by atomic mass is 16.5. The van der Waals surface area contributed by atoms with Crippen molar-refractivity contribution < 1.29 is 4.74 Å². The van der Waals surface area contributed by atoms with E-state index in [9.17, 15) is 0 Å². The molecule has 4 heteroatoms. The van der Waals surface area contributed by atoms with Gasteiger partial charge in [0.05, 0.1) is 0 Å². The molecule has 0 aromatic carbocycles. The van der Waals surface area contributed by atoms with Crippen molar-refractivity contribution in [3.05, 3.63) is 17.6 Å². The normalized spacial score (nSPS) is 18.3. The van der Waals surface area contributed by atoms with E-state index in [2.05, 4.69) is 22.2 Å². The number of rotatable bonds is 5. The van der Waals surface area contributed by atoms with Gasteiger partial charge in [-0.1, -0.05) is 19.3 Å². The largest absolute Gasteiger partial charge is 0.373 e. The molecule has 0 amide bonds. The Morgan fingerprint density at radius 1 is 1.32 bits per heavy atom. The van der Waals surface area contributed by atoms with Gasteiger partial charge in [-0.25, -0.2) is 9.97 Å². The van der Waals surface area contributed by atoms with Crippen LogP contribution in [0.3, 0.4) is 0 Å². The van der Waals surface area contributed by atoms with E-state index < -0.39 is 0 Å². The maximum Gasteiger partial charge on any atom is 0.159 e. The lowest BCUT2D eigenvalue weighted by Crippen LogP contribution is -2.21. The number of methoxy groups -OCH3 is 1. The van der Waals surface area contributed by atoms with E-state index in [1.54, 1.807) is 7.11 Å². The van der Waals surface area contributed by atoms with E-state index in [0.717, 1.165) is 23.9 Å². The Morgan fingerprint density at radius 2 is 2.05 bits per heavy atom. The van der Waals surface area contributed by atoms with Gasteiger partial charge in [-0.2, -0.15) is 0 Å². The highest BCUT2D eigenvalue weighted by molar-refractivity contribution is 5.35. The summed E-state index contributed by atoms with van der Waals surface area (Å²) in [5.41, 5.74) is 0.999. The first-order valence-electron chi connectivity index (χ1n) is 7.36. The van der Waals surface area contributed by atoms with Crippen LogP contribution in [0.2, 0.25) is 0 Å². The smallest absolute Gasteiger partial charge is 0.159 e. The molecule has 19 heavy (non-hydrogen) atoms. The standard InChI is InChI=1S/C15H25N3O/c1-4-16-13-10-11(2)17-15(18-13)14(19-3)12-8-6-5-7-9-12/h10,12,14H,4-9H2,1-3H3,(H,16,17,18). The van der Waals surface area contributed by atoms with E-state index in [0.29, 0.717) is 5.92 Å². The molecule has 1 aromatic heterocycles. The third-order valence-electron chi connectivity index (χ3n) is 3.82. The van der Waals surface area contributed by atoms with Crippen LogP contribution < -0.4 is 5.32 Å². The third kappa shape index (κ3) is 3.66. The number of hydrogen-bond acceptors (Lipinski definition) is 4. The lowest BCUT2D eigenvalue weighted by Gasteiger charge is -2.28. The summed E-state index contributed by atoms with van der Waals surface area (Å²) < 4.78 is 5.71. The van der Waals surface area contributed by atoms with E-state index in [1.807, 2.05) is 13.0 Å². The molecular formula is C15H25N3O. The van der Waals surface area contributed by atoms with Crippen LogP contribution in [-0.4, -0.2) is 23.6 Å². The maximum absolute atomic E-state index is 5.71. The van der Waals surface area contributed by atoms with E-state index >= 15 is 0 Å². The molecule has 1 unspecified atom stereocenters. The zero-order valence-corrected chi connectivity index (χ0v) is 12.3. The first kappa shape index (κ1) is 14.3.